The Morgan fingerprint density at radius 3 is 2.38 bits per heavy atom. The Balaban J connectivity index is 2.21. The third kappa shape index (κ3) is 3.89. The number of rotatable bonds is 8. The van der Waals surface area contributed by atoms with Crippen molar-refractivity contribution in [2.24, 2.45) is 0 Å². The summed E-state index contributed by atoms with van der Waals surface area (Å²) in [6, 6.07) is 1.20. The third-order valence-electron chi connectivity index (χ3n) is 3.56. The first-order chi connectivity index (χ1) is 7.47. The van der Waals surface area contributed by atoms with Crippen molar-refractivity contribution in [3.8, 4) is 0 Å². The molecular formula is C13H24O2Si. The summed E-state index contributed by atoms with van der Waals surface area (Å²) in [5, 5.41) is 2.65. The second kappa shape index (κ2) is 5.80. The van der Waals surface area contributed by atoms with Gasteiger partial charge in [-0.3, -0.25) is 0 Å². The van der Waals surface area contributed by atoms with E-state index in [4.69, 9.17) is 9.47 Å². The van der Waals surface area contributed by atoms with Gasteiger partial charge in [-0.05, 0) is 26.3 Å². The summed E-state index contributed by atoms with van der Waals surface area (Å²) < 4.78 is 10.6. The predicted molar refractivity (Wildman–Crippen MR) is 71.2 cm³/mol. The minimum atomic E-state index is -1.47. The molecule has 1 saturated heterocycles. The molecule has 1 aliphatic heterocycles. The van der Waals surface area contributed by atoms with Gasteiger partial charge in [-0.1, -0.05) is 16.9 Å². The van der Waals surface area contributed by atoms with Gasteiger partial charge in [-0.2, -0.15) is 0 Å². The molecule has 0 bridgehead atoms. The van der Waals surface area contributed by atoms with Crippen molar-refractivity contribution in [3.05, 3.63) is 23.6 Å². The fourth-order valence-electron chi connectivity index (χ4n) is 1.70. The molecule has 0 aliphatic carbocycles. The Bertz CT molecular complexity index is 255. The normalized spacial score (nSPS) is 19.6. The molecule has 2 nitrogen and oxygen atoms in total. The molecule has 1 heterocycles. The maximum absolute atomic E-state index is 5.55. The van der Waals surface area contributed by atoms with Crippen molar-refractivity contribution in [1.82, 2.24) is 0 Å². The monoisotopic (exact) mass is 240 g/mol. The van der Waals surface area contributed by atoms with E-state index < -0.39 is 8.07 Å². The molecule has 1 fully saturated rings. The zero-order chi connectivity index (χ0) is 12.2. The van der Waals surface area contributed by atoms with Crippen molar-refractivity contribution in [2.75, 3.05) is 19.8 Å². The Kier molecular flexibility index (Phi) is 4.96. The van der Waals surface area contributed by atoms with E-state index in [9.17, 15) is 0 Å². The highest BCUT2D eigenvalue weighted by molar-refractivity contribution is 6.91. The lowest BCUT2D eigenvalue weighted by atomic mass is 10.5. The average molecular weight is 240 g/mol. The molecule has 0 aromatic heterocycles. The van der Waals surface area contributed by atoms with Crippen molar-refractivity contribution < 1.29 is 9.47 Å². The molecule has 0 aromatic carbocycles. The minimum absolute atomic E-state index is 0.380. The van der Waals surface area contributed by atoms with Crippen LogP contribution < -0.4 is 0 Å². The zero-order valence-electron chi connectivity index (χ0n) is 10.8. The summed E-state index contributed by atoms with van der Waals surface area (Å²) in [5.41, 5.74) is 0. The topological polar surface area (TPSA) is 21.8 Å². The van der Waals surface area contributed by atoms with Gasteiger partial charge in [-0.25, -0.2) is 0 Å². The van der Waals surface area contributed by atoms with Gasteiger partial charge in [0.2, 0.25) is 0 Å². The van der Waals surface area contributed by atoms with E-state index in [1.54, 1.807) is 0 Å². The van der Waals surface area contributed by atoms with E-state index in [0.717, 1.165) is 26.2 Å². The van der Waals surface area contributed by atoms with Crippen LogP contribution in [0.1, 0.15) is 20.3 Å². The van der Waals surface area contributed by atoms with Crippen LogP contribution in [0.2, 0.25) is 12.6 Å². The summed E-state index contributed by atoms with van der Waals surface area (Å²) in [4.78, 5) is 0. The Morgan fingerprint density at radius 1 is 1.38 bits per heavy atom. The highest BCUT2D eigenvalue weighted by Crippen LogP contribution is 2.26. The summed E-state index contributed by atoms with van der Waals surface area (Å²) in [5.74, 6) is 0. The lowest BCUT2D eigenvalue weighted by Gasteiger charge is -2.28. The standard InChI is InChI=1S/C13H24O2Si/c1-11(2)16(5,12(3)4)8-6-7-14-9-13-10-15-13/h13H,1,3,6-10H2,2,4-5H3. The number of ether oxygens (including phenoxy) is 2. The number of hydrogen-bond acceptors (Lipinski definition) is 2. The fourth-order valence-corrected chi connectivity index (χ4v) is 4.13. The van der Waals surface area contributed by atoms with Crippen LogP contribution in [0.5, 0.6) is 0 Å². The third-order valence-corrected chi connectivity index (χ3v) is 8.68. The van der Waals surface area contributed by atoms with Crippen molar-refractivity contribution in [3.63, 3.8) is 0 Å². The Hall–Kier alpha value is -0.383. The summed E-state index contributed by atoms with van der Waals surface area (Å²) >= 11 is 0. The first-order valence-corrected chi connectivity index (χ1v) is 8.69. The average Bonchev–Trinajstić information content (AvgIpc) is 3.00. The molecule has 16 heavy (non-hydrogen) atoms. The van der Waals surface area contributed by atoms with Gasteiger partial charge < -0.3 is 9.47 Å². The second-order valence-electron chi connectivity index (χ2n) is 5.03. The maximum atomic E-state index is 5.55. The SMILES string of the molecule is C=C(C)[Si](C)(CCCOCC1CO1)C(=C)C. The van der Waals surface area contributed by atoms with Crippen LogP contribution in [0.4, 0.5) is 0 Å². The molecule has 1 unspecified atom stereocenters. The molecular weight excluding hydrogens is 216 g/mol. The molecule has 1 rings (SSSR count). The number of allylic oxidation sites excluding steroid dienone is 2. The van der Waals surface area contributed by atoms with Crippen LogP contribution in [-0.4, -0.2) is 34.0 Å². The van der Waals surface area contributed by atoms with Gasteiger partial charge in [0.05, 0.1) is 13.2 Å². The highest BCUT2D eigenvalue weighted by atomic mass is 28.3. The smallest absolute Gasteiger partial charge is 0.104 e. The van der Waals surface area contributed by atoms with Gasteiger partial charge in [0, 0.05) is 6.61 Å². The molecule has 1 atom stereocenters. The molecule has 0 spiro atoms. The van der Waals surface area contributed by atoms with Crippen LogP contribution in [0.3, 0.4) is 0 Å². The summed E-state index contributed by atoms with van der Waals surface area (Å²) in [6.07, 6.45) is 1.49. The molecule has 3 heteroatoms. The van der Waals surface area contributed by atoms with Gasteiger partial charge in [0.15, 0.2) is 0 Å². The largest absolute Gasteiger partial charge is 0.379 e. The Labute approximate surface area is 100 Å². The van der Waals surface area contributed by atoms with E-state index in [2.05, 4.69) is 33.6 Å². The van der Waals surface area contributed by atoms with Crippen molar-refractivity contribution in [2.45, 2.75) is 39.0 Å². The predicted octanol–water partition coefficient (Wildman–Crippen LogP) is 3.10. The van der Waals surface area contributed by atoms with E-state index in [1.165, 1.54) is 16.4 Å². The minimum Gasteiger partial charge on any atom is -0.379 e. The lowest BCUT2D eigenvalue weighted by molar-refractivity contribution is 0.117. The maximum Gasteiger partial charge on any atom is 0.104 e. The van der Waals surface area contributed by atoms with Crippen LogP contribution in [0.15, 0.2) is 23.6 Å². The highest BCUT2D eigenvalue weighted by Gasteiger charge is 2.28. The van der Waals surface area contributed by atoms with Crippen LogP contribution in [-0.2, 0) is 9.47 Å². The molecule has 0 radical (unpaired) electrons. The molecule has 1 aliphatic rings. The summed E-state index contributed by atoms with van der Waals surface area (Å²) in [7, 11) is -1.47. The molecule has 0 saturated carbocycles. The molecule has 0 aromatic rings. The number of hydrogen-bond donors (Lipinski definition) is 0. The van der Waals surface area contributed by atoms with Crippen molar-refractivity contribution >= 4 is 8.07 Å². The van der Waals surface area contributed by atoms with Gasteiger partial charge in [-0.15, -0.1) is 13.2 Å². The van der Waals surface area contributed by atoms with E-state index in [-0.39, 0.29) is 0 Å². The molecule has 0 N–H and O–H groups in total. The first-order valence-electron chi connectivity index (χ1n) is 5.98. The van der Waals surface area contributed by atoms with Crippen LogP contribution in [0, 0.1) is 0 Å². The molecule has 92 valence electrons. The fraction of sp³-hybridized carbons (Fsp3) is 0.692. The van der Waals surface area contributed by atoms with Gasteiger partial charge in [0.1, 0.15) is 14.2 Å². The zero-order valence-corrected chi connectivity index (χ0v) is 11.8. The van der Waals surface area contributed by atoms with Gasteiger partial charge >= 0.3 is 0 Å². The Morgan fingerprint density at radius 2 is 1.94 bits per heavy atom. The second-order valence-corrected chi connectivity index (χ2v) is 9.90. The van der Waals surface area contributed by atoms with E-state index in [0.29, 0.717) is 6.10 Å². The van der Waals surface area contributed by atoms with Crippen molar-refractivity contribution in [1.29, 1.82) is 0 Å². The van der Waals surface area contributed by atoms with E-state index >= 15 is 0 Å². The van der Waals surface area contributed by atoms with E-state index in [1.807, 2.05) is 0 Å². The quantitative estimate of drug-likeness (QED) is 0.369. The lowest BCUT2D eigenvalue weighted by Crippen LogP contribution is -2.33. The van der Waals surface area contributed by atoms with Gasteiger partial charge in [0.25, 0.3) is 0 Å². The van der Waals surface area contributed by atoms with Crippen LogP contribution >= 0.6 is 0 Å². The molecule has 0 amide bonds. The first kappa shape index (κ1) is 13.7. The number of epoxide rings is 1. The van der Waals surface area contributed by atoms with Crippen LogP contribution in [0.25, 0.3) is 0 Å². The summed E-state index contributed by atoms with van der Waals surface area (Å²) in [6.45, 7) is 17.4.